The molecule has 0 atom stereocenters. The highest BCUT2D eigenvalue weighted by atomic mass is 79.9. The smallest absolute Gasteiger partial charge is 0.194 e. The molecule has 0 saturated heterocycles. The first-order valence-electron chi connectivity index (χ1n) is 5.74. The van der Waals surface area contributed by atoms with Gasteiger partial charge in [-0.05, 0) is 28.1 Å². The molecule has 94 valence electrons. The highest BCUT2D eigenvalue weighted by molar-refractivity contribution is 9.10. The molecule has 2 N–H and O–H groups in total. The summed E-state index contributed by atoms with van der Waals surface area (Å²) >= 11 is 3.33. The van der Waals surface area contributed by atoms with Crippen molar-refractivity contribution < 1.29 is 4.42 Å². The van der Waals surface area contributed by atoms with Crippen LogP contribution in [-0.2, 0) is 0 Å². The van der Waals surface area contributed by atoms with Crippen molar-refractivity contribution in [2.24, 2.45) is 0 Å². The lowest BCUT2D eigenvalue weighted by atomic mass is 10.1. The quantitative estimate of drug-likeness (QED) is 0.695. The summed E-state index contributed by atoms with van der Waals surface area (Å²) in [7, 11) is 0. The largest absolute Gasteiger partial charge is 0.456 e. The lowest BCUT2D eigenvalue weighted by molar-refractivity contribution is 0.619. The van der Waals surface area contributed by atoms with Crippen LogP contribution >= 0.6 is 15.9 Å². The Balaban J connectivity index is 2.33. The molecule has 1 aromatic heterocycles. The third-order valence-electron chi connectivity index (χ3n) is 2.92. The summed E-state index contributed by atoms with van der Waals surface area (Å²) in [6.07, 6.45) is 0. The summed E-state index contributed by atoms with van der Waals surface area (Å²) in [6.45, 7) is 0. The van der Waals surface area contributed by atoms with Gasteiger partial charge in [0.15, 0.2) is 5.43 Å². The first-order chi connectivity index (χ1) is 9.16. The summed E-state index contributed by atoms with van der Waals surface area (Å²) in [5, 5.41) is 0.472. The molecule has 0 aliphatic carbocycles. The van der Waals surface area contributed by atoms with E-state index in [2.05, 4.69) is 15.9 Å². The lowest BCUT2D eigenvalue weighted by Crippen LogP contribution is -2.02. The number of rotatable bonds is 1. The number of hydrogen-bond donors (Lipinski definition) is 1. The minimum atomic E-state index is -0.112. The monoisotopic (exact) mass is 315 g/mol. The van der Waals surface area contributed by atoms with E-state index in [1.165, 1.54) is 6.07 Å². The van der Waals surface area contributed by atoms with Crippen molar-refractivity contribution in [1.29, 1.82) is 0 Å². The molecule has 0 aliphatic heterocycles. The second-order valence-electron chi connectivity index (χ2n) is 4.18. The van der Waals surface area contributed by atoms with E-state index in [0.717, 1.165) is 5.56 Å². The Labute approximate surface area is 117 Å². The van der Waals surface area contributed by atoms with Gasteiger partial charge in [0, 0.05) is 17.3 Å². The van der Waals surface area contributed by atoms with Gasteiger partial charge < -0.3 is 10.2 Å². The van der Waals surface area contributed by atoms with Crippen molar-refractivity contribution >= 4 is 32.6 Å². The molecule has 0 saturated carbocycles. The number of benzene rings is 2. The standard InChI is InChI=1S/C15H10BrNO2/c16-15-10(17)6-7-12-14(15)11(18)8-13(19-12)9-4-2-1-3-5-9/h1-8H,17H2. The van der Waals surface area contributed by atoms with Crippen LogP contribution in [0.4, 0.5) is 5.69 Å². The summed E-state index contributed by atoms with van der Waals surface area (Å²) < 4.78 is 6.36. The van der Waals surface area contributed by atoms with Crippen molar-refractivity contribution in [3.8, 4) is 11.3 Å². The first-order valence-corrected chi connectivity index (χ1v) is 6.53. The zero-order chi connectivity index (χ0) is 13.4. The normalized spacial score (nSPS) is 10.8. The fourth-order valence-corrected chi connectivity index (χ4v) is 2.50. The van der Waals surface area contributed by atoms with Gasteiger partial charge in [0.1, 0.15) is 11.3 Å². The van der Waals surface area contributed by atoms with Gasteiger partial charge in [0.25, 0.3) is 0 Å². The molecule has 0 fully saturated rings. The summed E-state index contributed by atoms with van der Waals surface area (Å²) in [5.41, 5.74) is 7.58. The van der Waals surface area contributed by atoms with Gasteiger partial charge >= 0.3 is 0 Å². The van der Waals surface area contributed by atoms with Crippen LogP contribution < -0.4 is 11.2 Å². The highest BCUT2D eigenvalue weighted by Gasteiger charge is 2.11. The molecule has 0 unspecified atom stereocenters. The van der Waals surface area contributed by atoms with Gasteiger partial charge in [0.2, 0.25) is 0 Å². The minimum absolute atomic E-state index is 0.112. The number of fused-ring (bicyclic) bond motifs is 1. The molecule has 3 rings (SSSR count). The molecule has 0 amide bonds. The van der Waals surface area contributed by atoms with Crippen LogP contribution in [0.2, 0.25) is 0 Å². The maximum atomic E-state index is 12.2. The topological polar surface area (TPSA) is 56.2 Å². The number of nitrogen functional groups attached to an aromatic ring is 1. The fourth-order valence-electron chi connectivity index (χ4n) is 1.97. The number of hydrogen-bond acceptors (Lipinski definition) is 3. The van der Waals surface area contributed by atoms with Gasteiger partial charge in [-0.25, -0.2) is 0 Å². The average molecular weight is 316 g/mol. The first kappa shape index (κ1) is 12.0. The zero-order valence-corrected chi connectivity index (χ0v) is 11.5. The van der Waals surface area contributed by atoms with E-state index in [4.69, 9.17) is 10.2 Å². The molecule has 19 heavy (non-hydrogen) atoms. The third-order valence-corrected chi connectivity index (χ3v) is 3.77. The molecule has 0 bridgehead atoms. The SMILES string of the molecule is Nc1ccc2oc(-c3ccccc3)cc(=O)c2c1Br. The Morgan fingerprint density at radius 1 is 1.05 bits per heavy atom. The minimum Gasteiger partial charge on any atom is -0.456 e. The van der Waals surface area contributed by atoms with E-state index in [0.29, 0.717) is 26.9 Å². The third kappa shape index (κ3) is 2.04. The van der Waals surface area contributed by atoms with E-state index in [1.54, 1.807) is 12.1 Å². The van der Waals surface area contributed by atoms with E-state index in [1.807, 2.05) is 30.3 Å². The van der Waals surface area contributed by atoms with Gasteiger partial charge in [0.05, 0.1) is 9.86 Å². The molecule has 2 aromatic carbocycles. The van der Waals surface area contributed by atoms with Gasteiger partial charge in [-0.1, -0.05) is 30.3 Å². The van der Waals surface area contributed by atoms with Crippen LogP contribution in [0.15, 0.2) is 62.2 Å². The molecular weight excluding hydrogens is 306 g/mol. The number of nitrogens with two attached hydrogens (primary N) is 1. The molecule has 4 heteroatoms. The Hall–Kier alpha value is -2.07. The summed E-state index contributed by atoms with van der Waals surface area (Å²) in [6, 6.07) is 14.4. The second-order valence-corrected chi connectivity index (χ2v) is 4.98. The maximum absolute atomic E-state index is 12.2. The molecular formula is C15H10BrNO2. The number of halogens is 1. The van der Waals surface area contributed by atoms with Crippen LogP contribution in [0.25, 0.3) is 22.3 Å². The molecule has 3 aromatic rings. The summed E-state index contributed by atoms with van der Waals surface area (Å²) in [5.74, 6) is 0.551. The van der Waals surface area contributed by atoms with E-state index in [-0.39, 0.29) is 5.43 Å². The van der Waals surface area contributed by atoms with Crippen molar-refractivity contribution in [2.45, 2.75) is 0 Å². The Morgan fingerprint density at radius 3 is 2.53 bits per heavy atom. The van der Waals surface area contributed by atoms with Crippen LogP contribution in [0, 0.1) is 0 Å². The van der Waals surface area contributed by atoms with Gasteiger partial charge in [-0.2, -0.15) is 0 Å². The van der Waals surface area contributed by atoms with E-state index >= 15 is 0 Å². The van der Waals surface area contributed by atoms with Crippen LogP contribution in [-0.4, -0.2) is 0 Å². The number of anilines is 1. The molecule has 0 aliphatic rings. The Morgan fingerprint density at radius 2 is 1.79 bits per heavy atom. The highest BCUT2D eigenvalue weighted by Crippen LogP contribution is 2.29. The van der Waals surface area contributed by atoms with Crippen LogP contribution in [0.1, 0.15) is 0 Å². The molecule has 1 heterocycles. The predicted octanol–water partition coefficient (Wildman–Crippen LogP) is 3.80. The van der Waals surface area contributed by atoms with Crippen molar-refractivity contribution in [2.75, 3.05) is 5.73 Å². The van der Waals surface area contributed by atoms with Crippen LogP contribution in [0.5, 0.6) is 0 Å². The predicted molar refractivity (Wildman–Crippen MR) is 80.0 cm³/mol. The maximum Gasteiger partial charge on any atom is 0.194 e. The molecule has 0 radical (unpaired) electrons. The lowest BCUT2D eigenvalue weighted by Gasteiger charge is -2.05. The van der Waals surface area contributed by atoms with Gasteiger partial charge in [-0.3, -0.25) is 4.79 Å². The Bertz CT molecular complexity index is 809. The summed E-state index contributed by atoms with van der Waals surface area (Å²) in [4.78, 5) is 12.2. The average Bonchev–Trinajstić information content (AvgIpc) is 2.43. The van der Waals surface area contributed by atoms with Crippen molar-refractivity contribution in [1.82, 2.24) is 0 Å². The zero-order valence-electron chi connectivity index (χ0n) is 9.89. The molecule has 3 nitrogen and oxygen atoms in total. The van der Waals surface area contributed by atoms with Gasteiger partial charge in [-0.15, -0.1) is 0 Å². The second kappa shape index (κ2) is 4.55. The van der Waals surface area contributed by atoms with E-state index in [9.17, 15) is 4.79 Å². The van der Waals surface area contributed by atoms with Crippen molar-refractivity contribution in [3.63, 3.8) is 0 Å². The van der Waals surface area contributed by atoms with Crippen molar-refractivity contribution in [3.05, 3.63) is 63.2 Å². The fraction of sp³-hybridized carbons (Fsp3) is 0. The van der Waals surface area contributed by atoms with E-state index < -0.39 is 0 Å². The van der Waals surface area contributed by atoms with Crippen LogP contribution in [0.3, 0.4) is 0 Å². The Kier molecular flexibility index (Phi) is 2.87. The molecule has 0 spiro atoms.